The van der Waals surface area contributed by atoms with Gasteiger partial charge in [0.2, 0.25) is 0 Å². The van der Waals surface area contributed by atoms with Crippen molar-refractivity contribution in [1.29, 1.82) is 0 Å². The molecule has 19 heavy (non-hydrogen) atoms. The number of methoxy groups -OCH3 is 1. The first-order valence-electron chi connectivity index (χ1n) is 5.73. The number of nitrogens with one attached hydrogen (secondary N) is 1. The molecule has 0 aliphatic carbocycles. The van der Waals surface area contributed by atoms with Crippen LogP contribution in [0.4, 0.5) is 5.69 Å². The first kappa shape index (κ1) is 13.8. The van der Waals surface area contributed by atoms with Crippen LogP contribution >= 0.6 is 23.6 Å². The summed E-state index contributed by atoms with van der Waals surface area (Å²) >= 11 is 6.67. The van der Waals surface area contributed by atoms with E-state index in [4.69, 9.17) is 22.7 Å². The summed E-state index contributed by atoms with van der Waals surface area (Å²) in [6.45, 7) is 2.62. The monoisotopic (exact) mass is 293 g/mol. The number of thiazole rings is 1. The number of hydrogen-bond acceptors (Lipinski definition) is 5. The van der Waals surface area contributed by atoms with Crippen LogP contribution in [0.3, 0.4) is 0 Å². The van der Waals surface area contributed by atoms with E-state index in [2.05, 4.69) is 10.3 Å². The van der Waals surface area contributed by atoms with E-state index < -0.39 is 0 Å². The number of ether oxygens (including phenoxy) is 1. The molecule has 4 nitrogen and oxygen atoms in total. The summed E-state index contributed by atoms with van der Waals surface area (Å²) in [5.74, 6) is 0.762. The molecule has 2 rings (SSSR count). The molecule has 0 atom stereocenters. The van der Waals surface area contributed by atoms with Crippen molar-refractivity contribution in [2.45, 2.75) is 13.5 Å². The number of thiocarbonyl (C=S) groups is 1. The fourth-order valence-corrected chi connectivity index (χ4v) is 2.56. The molecule has 2 aromatic rings. The van der Waals surface area contributed by atoms with Crippen molar-refractivity contribution in [2.75, 3.05) is 12.4 Å². The Morgan fingerprint density at radius 2 is 2.32 bits per heavy atom. The molecule has 1 aromatic carbocycles. The van der Waals surface area contributed by atoms with Crippen molar-refractivity contribution in [1.82, 2.24) is 4.98 Å². The summed E-state index contributed by atoms with van der Waals surface area (Å²) in [4.78, 5) is 4.77. The average molecular weight is 293 g/mol. The third-order valence-corrected chi connectivity index (χ3v) is 3.78. The molecule has 1 aromatic heterocycles. The minimum Gasteiger partial charge on any atom is -0.497 e. The van der Waals surface area contributed by atoms with Crippen LogP contribution in [0, 0.1) is 6.92 Å². The van der Waals surface area contributed by atoms with E-state index in [-0.39, 0.29) is 0 Å². The molecule has 0 aliphatic rings. The van der Waals surface area contributed by atoms with Gasteiger partial charge in [-0.2, -0.15) is 0 Å². The summed E-state index contributed by atoms with van der Waals surface area (Å²) in [5.41, 5.74) is 8.42. The number of nitrogens with two attached hydrogens (primary N) is 1. The molecule has 6 heteroatoms. The third kappa shape index (κ3) is 3.42. The summed E-state index contributed by atoms with van der Waals surface area (Å²) in [6, 6.07) is 5.58. The fourth-order valence-electron chi connectivity index (χ4n) is 1.67. The molecule has 0 radical (unpaired) electrons. The van der Waals surface area contributed by atoms with Crippen LogP contribution in [-0.2, 0) is 6.54 Å². The second kappa shape index (κ2) is 5.99. The fraction of sp³-hybridized carbons (Fsp3) is 0.231. The molecular formula is C13H15N3OS2. The van der Waals surface area contributed by atoms with Gasteiger partial charge >= 0.3 is 0 Å². The Bertz CT molecular complexity index is 595. The van der Waals surface area contributed by atoms with Gasteiger partial charge in [0.15, 0.2) is 0 Å². The van der Waals surface area contributed by atoms with Gasteiger partial charge in [-0.05, 0) is 19.1 Å². The zero-order valence-corrected chi connectivity index (χ0v) is 12.4. The van der Waals surface area contributed by atoms with Gasteiger partial charge in [0.1, 0.15) is 15.7 Å². The van der Waals surface area contributed by atoms with Crippen molar-refractivity contribution in [3.05, 3.63) is 39.8 Å². The number of aromatic nitrogens is 1. The van der Waals surface area contributed by atoms with Gasteiger partial charge < -0.3 is 15.8 Å². The molecular weight excluding hydrogens is 278 g/mol. The van der Waals surface area contributed by atoms with Gasteiger partial charge in [0, 0.05) is 28.4 Å². The standard InChI is InChI=1S/C13H15N3OS2/c1-8-7-19-12(16-8)6-15-11-5-9(17-2)3-4-10(11)13(14)18/h3-5,7,15H,6H2,1-2H3,(H2,14,18). The molecule has 1 heterocycles. The Morgan fingerprint density at radius 1 is 1.53 bits per heavy atom. The second-order valence-electron chi connectivity index (χ2n) is 4.01. The van der Waals surface area contributed by atoms with Crippen LogP contribution in [0.15, 0.2) is 23.6 Å². The van der Waals surface area contributed by atoms with E-state index in [1.165, 1.54) is 0 Å². The van der Waals surface area contributed by atoms with Gasteiger partial charge in [-0.15, -0.1) is 11.3 Å². The zero-order valence-electron chi connectivity index (χ0n) is 10.8. The lowest BCUT2D eigenvalue weighted by atomic mass is 10.1. The molecule has 0 saturated carbocycles. The van der Waals surface area contributed by atoms with E-state index in [1.807, 2.05) is 30.5 Å². The normalized spacial score (nSPS) is 10.2. The molecule has 3 N–H and O–H groups in total. The van der Waals surface area contributed by atoms with Crippen LogP contribution in [-0.4, -0.2) is 17.1 Å². The van der Waals surface area contributed by atoms with E-state index in [0.717, 1.165) is 27.7 Å². The van der Waals surface area contributed by atoms with E-state index in [9.17, 15) is 0 Å². The number of rotatable bonds is 5. The Hall–Kier alpha value is -1.66. The molecule has 0 saturated heterocycles. The minimum absolute atomic E-state index is 0.362. The maximum absolute atomic E-state index is 5.72. The van der Waals surface area contributed by atoms with Crippen molar-refractivity contribution >= 4 is 34.2 Å². The van der Waals surface area contributed by atoms with Crippen molar-refractivity contribution in [2.24, 2.45) is 5.73 Å². The van der Waals surface area contributed by atoms with Crippen LogP contribution in [0.25, 0.3) is 0 Å². The molecule has 0 spiro atoms. The topological polar surface area (TPSA) is 60.2 Å². The van der Waals surface area contributed by atoms with E-state index in [1.54, 1.807) is 18.4 Å². The number of benzene rings is 1. The Balaban J connectivity index is 2.19. The molecule has 0 amide bonds. The highest BCUT2D eigenvalue weighted by atomic mass is 32.1. The summed E-state index contributed by atoms with van der Waals surface area (Å²) in [7, 11) is 1.63. The first-order chi connectivity index (χ1) is 9.10. The number of nitrogens with zero attached hydrogens (tertiary/aromatic N) is 1. The Labute approximate surface area is 121 Å². The quantitative estimate of drug-likeness (QED) is 0.830. The van der Waals surface area contributed by atoms with Gasteiger partial charge in [-0.25, -0.2) is 4.98 Å². The summed E-state index contributed by atoms with van der Waals surface area (Å²) in [6.07, 6.45) is 0. The van der Waals surface area contributed by atoms with Crippen molar-refractivity contribution < 1.29 is 4.74 Å². The third-order valence-electron chi connectivity index (χ3n) is 2.59. The van der Waals surface area contributed by atoms with Gasteiger partial charge in [0.25, 0.3) is 0 Å². The van der Waals surface area contributed by atoms with Gasteiger partial charge in [-0.3, -0.25) is 0 Å². The van der Waals surface area contributed by atoms with E-state index >= 15 is 0 Å². The smallest absolute Gasteiger partial charge is 0.120 e. The van der Waals surface area contributed by atoms with E-state index in [0.29, 0.717) is 11.5 Å². The highest BCUT2D eigenvalue weighted by molar-refractivity contribution is 7.80. The zero-order chi connectivity index (χ0) is 13.8. The van der Waals surface area contributed by atoms with Gasteiger partial charge in [-0.1, -0.05) is 12.2 Å². The lowest BCUT2D eigenvalue weighted by Crippen LogP contribution is -2.13. The van der Waals surface area contributed by atoms with Crippen LogP contribution < -0.4 is 15.8 Å². The number of hydrogen-bond donors (Lipinski definition) is 2. The molecule has 0 bridgehead atoms. The Kier molecular flexibility index (Phi) is 4.34. The van der Waals surface area contributed by atoms with Crippen LogP contribution in [0.1, 0.15) is 16.3 Å². The molecule has 0 fully saturated rings. The van der Waals surface area contributed by atoms with Crippen LogP contribution in [0.2, 0.25) is 0 Å². The number of aryl methyl sites for hydroxylation is 1. The molecule has 100 valence electrons. The predicted molar refractivity (Wildman–Crippen MR) is 83.1 cm³/mol. The minimum atomic E-state index is 0.362. The number of anilines is 1. The maximum Gasteiger partial charge on any atom is 0.120 e. The van der Waals surface area contributed by atoms with Crippen molar-refractivity contribution in [3.63, 3.8) is 0 Å². The lowest BCUT2D eigenvalue weighted by molar-refractivity contribution is 0.415. The van der Waals surface area contributed by atoms with Crippen molar-refractivity contribution in [3.8, 4) is 5.75 Å². The average Bonchev–Trinajstić information content (AvgIpc) is 2.81. The maximum atomic E-state index is 5.72. The largest absolute Gasteiger partial charge is 0.497 e. The lowest BCUT2D eigenvalue weighted by Gasteiger charge is -2.11. The predicted octanol–water partition coefficient (Wildman–Crippen LogP) is 2.71. The molecule has 0 aliphatic heterocycles. The Morgan fingerprint density at radius 3 is 2.89 bits per heavy atom. The van der Waals surface area contributed by atoms with Gasteiger partial charge in [0.05, 0.1) is 13.7 Å². The highest BCUT2D eigenvalue weighted by Crippen LogP contribution is 2.23. The SMILES string of the molecule is COc1ccc(C(N)=S)c(NCc2nc(C)cs2)c1. The first-order valence-corrected chi connectivity index (χ1v) is 7.01. The summed E-state index contributed by atoms with van der Waals surface area (Å²) < 4.78 is 5.21. The summed E-state index contributed by atoms with van der Waals surface area (Å²) in [5, 5.41) is 6.35. The highest BCUT2D eigenvalue weighted by Gasteiger charge is 2.07. The molecule has 0 unspecified atom stereocenters. The van der Waals surface area contributed by atoms with Crippen LogP contribution in [0.5, 0.6) is 5.75 Å². The second-order valence-corrected chi connectivity index (χ2v) is 5.39.